The van der Waals surface area contributed by atoms with Crippen LogP contribution >= 0.6 is 0 Å². The van der Waals surface area contributed by atoms with Gasteiger partial charge in [-0.3, -0.25) is 4.79 Å². The second-order valence-electron chi connectivity index (χ2n) is 4.71. The fraction of sp³-hybridized carbons (Fsp3) is 0.312. The van der Waals surface area contributed by atoms with Crippen molar-refractivity contribution in [3.8, 4) is 5.75 Å². The first-order chi connectivity index (χ1) is 9.67. The molecule has 3 N–H and O–H groups in total. The molecule has 2 rings (SSSR count). The molecule has 4 heteroatoms. The lowest BCUT2D eigenvalue weighted by Crippen LogP contribution is -2.33. The summed E-state index contributed by atoms with van der Waals surface area (Å²) in [5.41, 5.74) is 6.40. The Hall–Kier alpha value is -2.07. The van der Waals surface area contributed by atoms with Gasteiger partial charge in [-0.2, -0.15) is 0 Å². The fourth-order valence-electron chi connectivity index (χ4n) is 2.28. The summed E-state index contributed by atoms with van der Waals surface area (Å²) in [4.78, 5) is 11.3. The Balaban J connectivity index is 2.46. The molecule has 1 atom stereocenters. The summed E-state index contributed by atoms with van der Waals surface area (Å²) >= 11 is 0. The number of nitrogens with two attached hydrogens (primary N) is 1. The molecule has 0 heterocycles. The summed E-state index contributed by atoms with van der Waals surface area (Å²) in [5.74, 6) is 0.278. The van der Waals surface area contributed by atoms with Crippen molar-refractivity contribution in [2.24, 2.45) is 5.73 Å². The minimum atomic E-state index is -0.591. The van der Waals surface area contributed by atoms with E-state index in [1.165, 1.54) is 0 Å². The standard InChI is InChI=1S/C16H20N2O2/c1-3-14(16(17)19)20-15-9-8-11-6-4-5-7-12(11)13(15)10-18-2/h4-9,14,18H,3,10H2,1-2H3,(H2,17,19). The van der Waals surface area contributed by atoms with Gasteiger partial charge in [0.15, 0.2) is 6.10 Å². The van der Waals surface area contributed by atoms with Crippen LogP contribution in [0.5, 0.6) is 5.75 Å². The lowest BCUT2D eigenvalue weighted by molar-refractivity contribution is -0.124. The molecule has 0 aliphatic rings. The topological polar surface area (TPSA) is 64.3 Å². The molecule has 0 aliphatic carbocycles. The summed E-state index contributed by atoms with van der Waals surface area (Å²) in [6.07, 6.45) is -0.0343. The molecule has 4 nitrogen and oxygen atoms in total. The molecule has 0 spiro atoms. The molecule has 0 radical (unpaired) electrons. The van der Waals surface area contributed by atoms with Crippen LogP contribution in [-0.4, -0.2) is 19.1 Å². The monoisotopic (exact) mass is 272 g/mol. The number of fused-ring (bicyclic) bond motifs is 1. The molecule has 20 heavy (non-hydrogen) atoms. The van der Waals surface area contributed by atoms with Crippen LogP contribution in [0.1, 0.15) is 18.9 Å². The number of benzene rings is 2. The summed E-state index contributed by atoms with van der Waals surface area (Å²) in [6.45, 7) is 2.56. The number of rotatable bonds is 6. The van der Waals surface area contributed by atoms with E-state index in [0.717, 1.165) is 16.3 Å². The second-order valence-corrected chi connectivity index (χ2v) is 4.71. The molecule has 0 fully saturated rings. The Morgan fingerprint density at radius 3 is 2.70 bits per heavy atom. The Labute approximate surface area is 118 Å². The lowest BCUT2D eigenvalue weighted by Gasteiger charge is -2.18. The van der Waals surface area contributed by atoms with Gasteiger partial charge in [0, 0.05) is 12.1 Å². The van der Waals surface area contributed by atoms with Crippen molar-refractivity contribution in [3.63, 3.8) is 0 Å². The van der Waals surface area contributed by atoms with Gasteiger partial charge in [0.05, 0.1) is 0 Å². The summed E-state index contributed by atoms with van der Waals surface area (Å²) in [7, 11) is 1.89. The van der Waals surface area contributed by atoms with Crippen LogP contribution in [0, 0.1) is 0 Å². The SMILES string of the molecule is CCC(Oc1ccc2ccccc2c1CNC)C(N)=O. The van der Waals surface area contributed by atoms with Crippen LogP contribution < -0.4 is 15.8 Å². The Morgan fingerprint density at radius 2 is 2.05 bits per heavy atom. The highest BCUT2D eigenvalue weighted by molar-refractivity contribution is 5.88. The van der Waals surface area contributed by atoms with E-state index >= 15 is 0 Å². The van der Waals surface area contributed by atoms with Crippen molar-refractivity contribution in [2.75, 3.05) is 7.05 Å². The van der Waals surface area contributed by atoms with Crippen LogP contribution in [0.3, 0.4) is 0 Å². The van der Waals surface area contributed by atoms with Gasteiger partial charge in [-0.25, -0.2) is 0 Å². The highest BCUT2D eigenvalue weighted by Crippen LogP contribution is 2.29. The molecule has 0 saturated carbocycles. The fourth-order valence-corrected chi connectivity index (χ4v) is 2.28. The smallest absolute Gasteiger partial charge is 0.258 e. The van der Waals surface area contributed by atoms with Crippen molar-refractivity contribution < 1.29 is 9.53 Å². The maximum absolute atomic E-state index is 11.3. The van der Waals surface area contributed by atoms with E-state index < -0.39 is 12.0 Å². The van der Waals surface area contributed by atoms with E-state index in [-0.39, 0.29) is 0 Å². The van der Waals surface area contributed by atoms with Crippen LogP contribution in [0.4, 0.5) is 0 Å². The number of primary amides is 1. The Kier molecular flexibility index (Phi) is 4.58. The molecule has 0 aliphatic heterocycles. The normalized spacial score (nSPS) is 12.3. The first-order valence-electron chi connectivity index (χ1n) is 6.78. The third-order valence-electron chi connectivity index (χ3n) is 3.31. The number of nitrogens with one attached hydrogen (secondary N) is 1. The Bertz CT molecular complexity index is 610. The number of carbonyl (C=O) groups is 1. The molecule has 0 bridgehead atoms. The Morgan fingerprint density at radius 1 is 1.30 bits per heavy atom. The number of amides is 1. The summed E-state index contributed by atoms with van der Waals surface area (Å²) < 4.78 is 5.80. The van der Waals surface area contributed by atoms with Gasteiger partial charge in [0.2, 0.25) is 0 Å². The van der Waals surface area contributed by atoms with E-state index in [4.69, 9.17) is 10.5 Å². The van der Waals surface area contributed by atoms with Gasteiger partial charge in [0.1, 0.15) is 5.75 Å². The number of hydrogen-bond acceptors (Lipinski definition) is 3. The van der Waals surface area contributed by atoms with E-state index in [9.17, 15) is 4.79 Å². The first kappa shape index (κ1) is 14.3. The van der Waals surface area contributed by atoms with Crippen LogP contribution in [0.15, 0.2) is 36.4 Å². The zero-order chi connectivity index (χ0) is 14.5. The lowest BCUT2D eigenvalue weighted by atomic mass is 10.0. The largest absolute Gasteiger partial charge is 0.480 e. The maximum atomic E-state index is 11.3. The average molecular weight is 272 g/mol. The molecular weight excluding hydrogens is 252 g/mol. The zero-order valence-corrected chi connectivity index (χ0v) is 11.8. The molecular formula is C16H20N2O2. The molecule has 106 valence electrons. The van der Waals surface area contributed by atoms with Gasteiger partial charge >= 0.3 is 0 Å². The molecule has 2 aromatic rings. The van der Waals surface area contributed by atoms with Gasteiger partial charge in [0.25, 0.3) is 5.91 Å². The molecule has 0 aromatic heterocycles. The minimum Gasteiger partial charge on any atom is -0.480 e. The van der Waals surface area contributed by atoms with Gasteiger partial charge < -0.3 is 15.8 Å². The summed E-state index contributed by atoms with van der Waals surface area (Å²) in [5, 5.41) is 5.41. The van der Waals surface area contributed by atoms with E-state index in [2.05, 4.69) is 17.4 Å². The van der Waals surface area contributed by atoms with Crippen molar-refractivity contribution in [3.05, 3.63) is 42.0 Å². The van der Waals surface area contributed by atoms with Crippen LogP contribution in [-0.2, 0) is 11.3 Å². The quantitative estimate of drug-likeness (QED) is 0.847. The maximum Gasteiger partial charge on any atom is 0.258 e. The first-order valence-corrected chi connectivity index (χ1v) is 6.78. The predicted molar refractivity (Wildman–Crippen MR) is 80.6 cm³/mol. The minimum absolute atomic E-state index is 0.434. The van der Waals surface area contributed by atoms with E-state index in [1.807, 2.05) is 38.2 Å². The van der Waals surface area contributed by atoms with E-state index in [1.54, 1.807) is 0 Å². The average Bonchev–Trinajstić information content (AvgIpc) is 2.46. The number of carbonyl (C=O) groups excluding carboxylic acids is 1. The molecule has 1 amide bonds. The number of ether oxygens (including phenoxy) is 1. The third-order valence-corrected chi connectivity index (χ3v) is 3.31. The van der Waals surface area contributed by atoms with Crippen LogP contribution in [0.25, 0.3) is 10.8 Å². The number of hydrogen-bond donors (Lipinski definition) is 2. The van der Waals surface area contributed by atoms with Gasteiger partial charge in [-0.1, -0.05) is 37.3 Å². The molecule has 2 aromatic carbocycles. The second kappa shape index (κ2) is 6.39. The van der Waals surface area contributed by atoms with Gasteiger partial charge in [-0.05, 0) is 30.3 Å². The summed E-state index contributed by atoms with van der Waals surface area (Å²) in [6, 6.07) is 12.0. The predicted octanol–water partition coefficient (Wildman–Crippen LogP) is 2.20. The molecule has 0 saturated heterocycles. The highest BCUT2D eigenvalue weighted by Gasteiger charge is 2.17. The van der Waals surface area contributed by atoms with Crippen molar-refractivity contribution in [2.45, 2.75) is 26.0 Å². The van der Waals surface area contributed by atoms with Crippen molar-refractivity contribution in [1.29, 1.82) is 0 Å². The van der Waals surface area contributed by atoms with E-state index in [0.29, 0.717) is 18.7 Å². The van der Waals surface area contributed by atoms with Crippen molar-refractivity contribution in [1.82, 2.24) is 5.32 Å². The van der Waals surface area contributed by atoms with Crippen LogP contribution in [0.2, 0.25) is 0 Å². The van der Waals surface area contributed by atoms with Gasteiger partial charge in [-0.15, -0.1) is 0 Å². The molecule has 1 unspecified atom stereocenters. The zero-order valence-electron chi connectivity index (χ0n) is 11.8. The third kappa shape index (κ3) is 2.91. The highest BCUT2D eigenvalue weighted by atomic mass is 16.5. The van der Waals surface area contributed by atoms with Crippen molar-refractivity contribution >= 4 is 16.7 Å².